The number of amides is 1. The molecule has 0 spiro atoms. The van der Waals surface area contributed by atoms with Gasteiger partial charge in [0.2, 0.25) is 6.10 Å². The van der Waals surface area contributed by atoms with E-state index in [1.807, 2.05) is 0 Å². The van der Waals surface area contributed by atoms with Crippen molar-refractivity contribution in [1.82, 2.24) is 4.90 Å². The van der Waals surface area contributed by atoms with Crippen molar-refractivity contribution in [3.8, 4) is 0 Å². The van der Waals surface area contributed by atoms with Crippen LogP contribution in [0.4, 0.5) is 4.39 Å². The molecule has 0 unspecified atom stereocenters. The van der Waals surface area contributed by atoms with Crippen LogP contribution in [-0.4, -0.2) is 48.9 Å². The molecule has 1 saturated heterocycles. The highest BCUT2D eigenvalue weighted by molar-refractivity contribution is 6.04. The number of rotatable bonds is 2. The number of carbonyl (C=O) groups excluding carboxylic acids is 1. The molecule has 0 aliphatic carbocycles. The Hall–Kier alpha value is -1.95. The van der Waals surface area contributed by atoms with Crippen LogP contribution < -0.4 is 0 Å². The Balaban J connectivity index is 1.63. The van der Waals surface area contributed by atoms with Gasteiger partial charge in [0, 0.05) is 19.5 Å². The molecule has 5 nitrogen and oxygen atoms in total. The molecule has 1 fully saturated rings. The zero-order valence-electron chi connectivity index (χ0n) is 10.9. The summed E-state index contributed by atoms with van der Waals surface area (Å²) in [6.45, 7) is 2.30. The molecular formula is C14H15FN2O3. The Kier molecular flexibility index (Phi) is 3.64. The van der Waals surface area contributed by atoms with Crippen LogP contribution in [0, 0.1) is 5.82 Å². The molecule has 1 aromatic rings. The van der Waals surface area contributed by atoms with Crippen molar-refractivity contribution < 1.29 is 18.8 Å². The zero-order valence-corrected chi connectivity index (χ0v) is 10.9. The number of hydrogen-bond acceptors (Lipinski definition) is 4. The maximum atomic E-state index is 12.9. The third-order valence-corrected chi connectivity index (χ3v) is 3.44. The summed E-state index contributed by atoms with van der Waals surface area (Å²) < 4.78 is 18.1. The van der Waals surface area contributed by atoms with E-state index in [1.54, 1.807) is 17.0 Å². The summed E-state index contributed by atoms with van der Waals surface area (Å²) in [7, 11) is 0. The van der Waals surface area contributed by atoms with Gasteiger partial charge in [0.1, 0.15) is 5.82 Å². The normalized spacial score (nSPS) is 22.4. The molecule has 0 saturated carbocycles. The first-order chi connectivity index (χ1) is 9.74. The number of oxime groups is 1. The molecule has 0 N–H and O–H groups in total. The van der Waals surface area contributed by atoms with Crippen molar-refractivity contribution in [1.29, 1.82) is 0 Å². The van der Waals surface area contributed by atoms with Crippen LogP contribution in [-0.2, 0) is 14.4 Å². The van der Waals surface area contributed by atoms with Crippen molar-refractivity contribution in [3.05, 3.63) is 35.6 Å². The Bertz CT molecular complexity index is 524. The van der Waals surface area contributed by atoms with Gasteiger partial charge in [0.05, 0.1) is 18.9 Å². The Morgan fingerprint density at radius 3 is 2.65 bits per heavy atom. The van der Waals surface area contributed by atoms with Crippen molar-refractivity contribution in [3.63, 3.8) is 0 Å². The van der Waals surface area contributed by atoms with Gasteiger partial charge in [0.15, 0.2) is 0 Å². The molecule has 0 bridgehead atoms. The first-order valence-corrected chi connectivity index (χ1v) is 6.59. The predicted molar refractivity (Wildman–Crippen MR) is 69.8 cm³/mol. The highest BCUT2D eigenvalue weighted by Gasteiger charge is 2.32. The Labute approximate surface area is 116 Å². The summed E-state index contributed by atoms with van der Waals surface area (Å²) in [6, 6.07) is 6.02. The molecule has 1 aromatic carbocycles. The van der Waals surface area contributed by atoms with Gasteiger partial charge in [-0.2, -0.15) is 0 Å². The fourth-order valence-corrected chi connectivity index (χ4v) is 2.31. The average Bonchev–Trinajstić information content (AvgIpc) is 2.98. The van der Waals surface area contributed by atoms with Gasteiger partial charge in [-0.3, -0.25) is 4.79 Å². The maximum absolute atomic E-state index is 12.9. The third kappa shape index (κ3) is 2.65. The number of hydrogen-bond donors (Lipinski definition) is 0. The van der Waals surface area contributed by atoms with E-state index in [9.17, 15) is 9.18 Å². The second-order valence-electron chi connectivity index (χ2n) is 4.78. The molecule has 2 aliphatic heterocycles. The van der Waals surface area contributed by atoms with Crippen LogP contribution in [0.1, 0.15) is 12.0 Å². The highest BCUT2D eigenvalue weighted by Crippen LogP contribution is 2.19. The van der Waals surface area contributed by atoms with Gasteiger partial charge in [-0.05, 0) is 17.7 Å². The lowest BCUT2D eigenvalue weighted by Gasteiger charge is -2.28. The van der Waals surface area contributed by atoms with Gasteiger partial charge < -0.3 is 14.5 Å². The van der Waals surface area contributed by atoms with Crippen molar-refractivity contribution in [2.24, 2.45) is 5.16 Å². The van der Waals surface area contributed by atoms with E-state index in [-0.39, 0.29) is 11.7 Å². The number of benzene rings is 1. The Morgan fingerprint density at radius 2 is 1.95 bits per heavy atom. The quantitative estimate of drug-likeness (QED) is 0.816. The predicted octanol–water partition coefficient (Wildman–Crippen LogP) is 1.18. The number of nitrogens with zero attached hydrogens (tertiary/aromatic N) is 2. The van der Waals surface area contributed by atoms with Crippen LogP contribution in [0.2, 0.25) is 0 Å². The van der Waals surface area contributed by atoms with Gasteiger partial charge >= 0.3 is 0 Å². The van der Waals surface area contributed by atoms with E-state index in [0.717, 1.165) is 5.56 Å². The molecule has 2 heterocycles. The van der Waals surface area contributed by atoms with Crippen LogP contribution in [0.15, 0.2) is 29.4 Å². The molecule has 6 heteroatoms. The van der Waals surface area contributed by atoms with Gasteiger partial charge in [-0.1, -0.05) is 17.3 Å². The molecule has 2 aliphatic rings. The smallest absolute Gasteiger partial charge is 0.267 e. The van der Waals surface area contributed by atoms with Crippen LogP contribution in [0.5, 0.6) is 0 Å². The lowest BCUT2D eigenvalue weighted by atomic mass is 10.0. The highest BCUT2D eigenvalue weighted by atomic mass is 19.1. The van der Waals surface area contributed by atoms with Gasteiger partial charge in [-0.25, -0.2) is 4.39 Å². The topological polar surface area (TPSA) is 51.1 Å². The lowest BCUT2D eigenvalue weighted by Crippen LogP contribution is -2.45. The van der Waals surface area contributed by atoms with Crippen molar-refractivity contribution in [2.45, 2.75) is 12.5 Å². The number of morpholine rings is 1. The molecule has 3 rings (SSSR count). The summed E-state index contributed by atoms with van der Waals surface area (Å²) in [6.07, 6.45) is -0.157. The number of ether oxygens (including phenoxy) is 1. The first-order valence-electron chi connectivity index (χ1n) is 6.59. The molecule has 1 amide bonds. The summed E-state index contributed by atoms with van der Waals surface area (Å²) in [5, 5.41) is 3.95. The minimum absolute atomic E-state index is 0.0610. The summed E-state index contributed by atoms with van der Waals surface area (Å²) in [5.74, 6) is -0.358. The maximum Gasteiger partial charge on any atom is 0.267 e. The summed E-state index contributed by atoms with van der Waals surface area (Å²) in [5.41, 5.74) is 1.46. The summed E-state index contributed by atoms with van der Waals surface area (Å²) in [4.78, 5) is 19.2. The second-order valence-corrected chi connectivity index (χ2v) is 4.78. The number of halogens is 1. The van der Waals surface area contributed by atoms with Crippen LogP contribution >= 0.6 is 0 Å². The monoisotopic (exact) mass is 278 g/mol. The lowest BCUT2D eigenvalue weighted by molar-refractivity contribution is -0.146. The minimum atomic E-state index is -0.576. The van der Waals surface area contributed by atoms with Gasteiger partial charge in [-0.15, -0.1) is 0 Å². The van der Waals surface area contributed by atoms with Crippen LogP contribution in [0.25, 0.3) is 0 Å². The average molecular weight is 278 g/mol. The van der Waals surface area contributed by atoms with Crippen LogP contribution in [0.3, 0.4) is 0 Å². The van der Waals surface area contributed by atoms with Crippen molar-refractivity contribution in [2.75, 3.05) is 26.3 Å². The van der Waals surface area contributed by atoms with E-state index in [1.165, 1.54) is 12.1 Å². The molecule has 1 atom stereocenters. The fraction of sp³-hybridized carbons (Fsp3) is 0.429. The fourth-order valence-electron chi connectivity index (χ4n) is 2.31. The second kappa shape index (κ2) is 5.58. The molecule has 20 heavy (non-hydrogen) atoms. The Morgan fingerprint density at radius 1 is 1.25 bits per heavy atom. The van der Waals surface area contributed by atoms with E-state index in [0.29, 0.717) is 38.4 Å². The van der Waals surface area contributed by atoms with Crippen molar-refractivity contribution >= 4 is 11.6 Å². The molecular weight excluding hydrogens is 263 g/mol. The minimum Gasteiger partial charge on any atom is -0.382 e. The molecule has 0 radical (unpaired) electrons. The largest absolute Gasteiger partial charge is 0.382 e. The molecule has 0 aromatic heterocycles. The first kappa shape index (κ1) is 13.1. The standard InChI is InChI=1S/C14H15FN2O3/c15-11-3-1-10(2-4-11)12-9-13(20-16-12)14(18)17-5-7-19-8-6-17/h1-4,13H,5-9H2/t13-/m1/s1. The summed E-state index contributed by atoms with van der Waals surface area (Å²) >= 11 is 0. The molecule has 106 valence electrons. The van der Waals surface area contributed by atoms with E-state index in [4.69, 9.17) is 9.57 Å². The van der Waals surface area contributed by atoms with Gasteiger partial charge in [0.25, 0.3) is 5.91 Å². The number of carbonyl (C=O) groups is 1. The van der Waals surface area contributed by atoms with E-state index >= 15 is 0 Å². The SMILES string of the molecule is O=C([C@H]1CC(c2ccc(F)cc2)=NO1)N1CCOCC1. The van der Waals surface area contributed by atoms with E-state index < -0.39 is 6.10 Å². The third-order valence-electron chi connectivity index (χ3n) is 3.44. The zero-order chi connectivity index (χ0) is 13.9. The van der Waals surface area contributed by atoms with E-state index in [2.05, 4.69) is 5.16 Å².